The Bertz CT molecular complexity index is 1580. The SMILES string of the molecule is Cc1oc(-c2ccccc2Cl)nc1Cn1c(=O)cc(C)c2c(C)nn(-c3cccc(F)c3)c21. The number of aromatic nitrogens is 4. The molecule has 3 heterocycles. The summed E-state index contributed by atoms with van der Waals surface area (Å²) in [4.78, 5) is 17.8. The lowest BCUT2D eigenvalue weighted by Gasteiger charge is -2.11. The first kappa shape index (κ1) is 21.2. The highest BCUT2D eigenvalue weighted by atomic mass is 35.5. The monoisotopic (exact) mass is 462 g/mol. The smallest absolute Gasteiger partial charge is 0.252 e. The molecule has 6 nitrogen and oxygen atoms in total. The Balaban J connectivity index is 1.70. The summed E-state index contributed by atoms with van der Waals surface area (Å²) in [7, 11) is 0. The van der Waals surface area contributed by atoms with Crippen LogP contribution in [0.3, 0.4) is 0 Å². The van der Waals surface area contributed by atoms with E-state index in [1.54, 1.807) is 40.4 Å². The van der Waals surface area contributed by atoms with Gasteiger partial charge >= 0.3 is 0 Å². The fraction of sp³-hybridized carbons (Fsp3) is 0.160. The van der Waals surface area contributed by atoms with Gasteiger partial charge in [-0.3, -0.25) is 9.36 Å². The third-order valence-electron chi connectivity index (χ3n) is 5.65. The maximum atomic E-state index is 14.0. The van der Waals surface area contributed by atoms with Crippen molar-refractivity contribution in [3.8, 4) is 17.1 Å². The third-order valence-corrected chi connectivity index (χ3v) is 5.98. The molecule has 0 aliphatic carbocycles. The average Bonchev–Trinajstić information content (AvgIpc) is 3.31. The molecule has 3 aromatic heterocycles. The van der Waals surface area contributed by atoms with Crippen molar-refractivity contribution in [2.45, 2.75) is 27.3 Å². The van der Waals surface area contributed by atoms with Crippen molar-refractivity contribution in [1.29, 1.82) is 0 Å². The zero-order chi connectivity index (χ0) is 23.3. The first-order chi connectivity index (χ1) is 15.8. The van der Waals surface area contributed by atoms with E-state index in [1.807, 2.05) is 32.0 Å². The Kier molecular flexibility index (Phi) is 5.13. The number of oxazole rings is 1. The van der Waals surface area contributed by atoms with Crippen LogP contribution in [0, 0.1) is 26.6 Å². The first-order valence-corrected chi connectivity index (χ1v) is 10.8. The molecule has 0 saturated carbocycles. The number of hydrogen-bond acceptors (Lipinski definition) is 4. The van der Waals surface area contributed by atoms with Crippen LogP contribution in [0.5, 0.6) is 0 Å². The lowest BCUT2D eigenvalue weighted by molar-refractivity contribution is 0.537. The quantitative estimate of drug-likeness (QED) is 0.348. The molecular weight excluding hydrogens is 443 g/mol. The second-order valence-corrected chi connectivity index (χ2v) is 8.34. The Morgan fingerprint density at radius 3 is 2.61 bits per heavy atom. The van der Waals surface area contributed by atoms with Gasteiger partial charge in [-0.25, -0.2) is 14.1 Å². The van der Waals surface area contributed by atoms with Gasteiger partial charge in [0.15, 0.2) is 0 Å². The number of aryl methyl sites for hydroxylation is 3. The molecule has 0 spiro atoms. The molecule has 0 aliphatic rings. The van der Waals surface area contributed by atoms with Crippen LogP contribution in [0.15, 0.2) is 63.8 Å². The van der Waals surface area contributed by atoms with Crippen molar-refractivity contribution >= 4 is 22.6 Å². The van der Waals surface area contributed by atoms with Gasteiger partial charge in [0.1, 0.15) is 22.9 Å². The lowest BCUT2D eigenvalue weighted by Crippen LogP contribution is -2.23. The van der Waals surface area contributed by atoms with Crippen LogP contribution >= 0.6 is 11.6 Å². The molecule has 2 aromatic carbocycles. The second-order valence-electron chi connectivity index (χ2n) is 7.93. The van der Waals surface area contributed by atoms with E-state index < -0.39 is 0 Å². The molecule has 0 fully saturated rings. The molecule has 0 unspecified atom stereocenters. The second kappa shape index (κ2) is 8.01. The number of rotatable bonds is 4. The Labute approximate surface area is 193 Å². The highest BCUT2D eigenvalue weighted by molar-refractivity contribution is 6.33. The van der Waals surface area contributed by atoms with E-state index >= 15 is 0 Å². The van der Waals surface area contributed by atoms with Gasteiger partial charge in [0.2, 0.25) is 5.89 Å². The molecule has 0 saturated heterocycles. The minimum absolute atomic E-state index is 0.163. The van der Waals surface area contributed by atoms with Gasteiger partial charge in [-0.2, -0.15) is 5.10 Å². The number of hydrogen-bond donors (Lipinski definition) is 0. The van der Waals surface area contributed by atoms with Gasteiger partial charge in [-0.05, 0) is 56.7 Å². The highest BCUT2D eigenvalue weighted by Gasteiger charge is 2.20. The van der Waals surface area contributed by atoms with E-state index in [4.69, 9.17) is 16.0 Å². The van der Waals surface area contributed by atoms with Gasteiger partial charge < -0.3 is 4.42 Å². The first-order valence-electron chi connectivity index (χ1n) is 10.4. The Morgan fingerprint density at radius 1 is 1.06 bits per heavy atom. The maximum absolute atomic E-state index is 14.0. The standard InChI is InChI=1S/C25H20ClFN4O2/c1-14-11-22(32)30(13-21-16(3)33-24(28-21)19-9-4-5-10-20(19)26)25-23(14)15(2)29-31(25)18-8-6-7-17(27)12-18/h4-12H,13H2,1-3H3. The number of halogens is 2. The van der Waals surface area contributed by atoms with Crippen molar-refractivity contribution in [2.75, 3.05) is 0 Å². The molecule has 166 valence electrons. The summed E-state index contributed by atoms with van der Waals surface area (Å²) in [5.41, 5.74) is 3.72. The van der Waals surface area contributed by atoms with Crippen LogP contribution in [-0.2, 0) is 6.54 Å². The molecule has 5 aromatic rings. The zero-order valence-electron chi connectivity index (χ0n) is 18.3. The molecular formula is C25H20ClFN4O2. The predicted octanol–water partition coefficient (Wildman–Crippen LogP) is 5.61. The van der Waals surface area contributed by atoms with Gasteiger partial charge in [0.05, 0.1) is 28.5 Å². The summed E-state index contributed by atoms with van der Waals surface area (Å²) in [6.07, 6.45) is 0. The average molecular weight is 463 g/mol. The molecule has 0 amide bonds. The van der Waals surface area contributed by atoms with E-state index in [2.05, 4.69) is 10.1 Å². The van der Waals surface area contributed by atoms with E-state index in [0.29, 0.717) is 39.3 Å². The Morgan fingerprint density at radius 2 is 1.85 bits per heavy atom. The molecule has 33 heavy (non-hydrogen) atoms. The minimum Gasteiger partial charge on any atom is -0.441 e. The van der Waals surface area contributed by atoms with Crippen molar-refractivity contribution in [3.63, 3.8) is 0 Å². The zero-order valence-corrected chi connectivity index (χ0v) is 19.0. The highest BCUT2D eigenvalue weighted by Crippen LogP contribution is 2.29. The third kappa shape index (κ3) is 3.64. The topological polar surface area (TPSA) is 65.8 Å². The van der Waals surface area contributed by atoms with E-state index in [1.165, 1.54) is 12.1 Å². The van der Waals surface area contributed by atoms with Crippen LogP contribution < -0.4 is 5.56 Å². The molecule has 0 aliphatic heterocycles. The number of fused-ring (bicyclic) bond motifs is 1. The van der Waals surface area contributed by atoms with Gasteiger partial charge in [-0.1, -0.05) is 29.8 Å². The van der Waals surface area contributed by atoms with Crippen LogP contribution in [-0.4, -0.2) is 19.3 Å². The summed E-state index contributed by atoms with van der Waals surface area (Å²) in [5.74, 6) is 0.588. The van der Waals surface area contributed by atoms with E-state index in [0.717, 1.165) is 16.6 Å². The molecule has 0 N–H and O–H groups in total. The number of benzene rings is 2. The molecule has 0 atom stereocenters. The molecule has 0 radical (unpaired) electrons. The van der Waals surface area contributed by atoms with Crippen molar-refractivity contribution in [3.05, 3.63) is 98.5 Å². The largest absolute Gasteiger partial charge is 0.441 e. The molecule has 5 rings (SSSR count). The normalized spacial score (nSPS) is 11.4. The lowest BCUT2D eigenvalue weighted by atomic mass is 10.1. The summed E-state index contributed by atoms with van der Waals surface area (Å²) < 4.78 is 23.1. The minimum atomic E-state index is -0.382. The fourth-order valence-corrected chi connectivity index (χ4v) is 4.30. The summed E-state index contributed by atoms with van der Waals surface area (Å²) >= 11 is 6.31. The van der Waals surface area contributed by atoms with E-state index in [-0.39, 0.29) is 17.9 Å². The Hall–Kier alpha value is -3.71. The van der Waals surface area contributed by atoms with E-state index in [9.17, 15) is 9.18 Å². The van der Waals surface area contributed by atoms with Gasteiger partial charge in [0, 0.05) is 11.5 Å². The van der Waals surface area contributed by atoms with Gasteiger partial charge in [-0.15, -0.1) is 0 Å². The number of nitrogens with zero attached hydrogens (tertiary/aromatic N) is 4. The van der Waals surface area contributed by atoms with Crippen LogP contribution in [0.2, 0.25) is 5.02 Å². The summed E-state index contributed by atoms with van der Waals surface area (Å²) in [5, 5.41) is 5.99. The fourth-order valence-electron chi connectivity index (χ4n) is 4.08. The summed E-state index contributed by atoms with van der Waals surface area (Å²) in [6, 6.07) is 15.0. The number of pyridine rings is 1. The van der Waals surface area contributed by atoms with Crippen LogP contribution in [0.25, 0.3) is 28.2 Å². The van der Waals surface area contributed by atoms with Crippen molar-refractivity contribution < 1.29 is 8.81 Å². The van der Waals surface area contributed by atoms with Crippen molar-refractivity contribution in [2.24, 2.45) is 0 Å². The molecule has 8 heteroatoms. The molecule has 0 bridgehead atoms. The summed E-state index contributed by atoms with van der Waals surface area (Å²) in [6.45, 7) is 5.70. The predicted molar refractivity (Wildman–Crippen MR) is 126 cm³/mol. The van der Waals surface area contributed by atoms with Crippen LogP contribution in [0.4, 0.5) is 4.39 Å². The van der Waals surface area contributed by atoms with Gasteiger partial charge in [0.25, 0.3) is 5.56 Å². The maximum Gasteiger partial charge on any atom is 0.252 e. The van der Waals surface area contributed by atoms with Crippen LogP contribution in [0.1, 0.15) is 22.7 Å². The van der Waals surface area contributed by atoms with Crippen molar-refractivity contribution in [1.82, 2.24) is 19.3 Å².